The van der Waals surface area contributed by atoms with Crippen molar-refractivity contribution in [1.29, 1.82) is 0 Å². The van der Waals surface area contributed by atoms with E-state index in [9.17, 15) is 4.79 Å². The highest BCUT2D eigenvalue weighted by atomic mass is 32.1. The molecule has 0 aliphatic heterocycles. The fourth-order valence-electron chi connectivity index (χ4n) is 2.97. The van der Waals surface area contributed by atoms with Crippen molar-refractivity contribution in [2.24, 2.45) is 0 Å². The summed E-state index contributed by atoms with van der Waals surface area (Å²) in [5.41, 5.74) is 2.67. The number of nitrogens with one attached hydrogen (secondary N) is 2. The molecule has 1 amide bonds. The molecule has 3 aromatic heterocycles. The van der Waals surface area contributed by atoms with E-state index in [0.717, 1.165) is 38.3 Å². The summed E-state index contributed by atoms with van der Waals surface area (Å²) in [4.78, 5) is 29.0. The number of benzene rings is 1. The summed E-state index contributed by atoms with van der Waals surface area (Å²) in [6, 6.07) is 11.6. The first-order chi connectivity index (χ1) is 14.5. The third-order valence-corrected chi connectivity index (χ3v) is 5.26. The molecule has 0 unspecified atom stereocenters. The summed E-state index contributed by atoms with van der Waals surface area (Å²) in [5.74, 6) is 1.90. The Morgan fingerprint density at radius 2 is 1.90 bits per heavy atom. The van der Waals surface area contributed by atoms with Crippen LogP contribution in [0, 0.1) is 0 Å². The average Bonchev–Trinajstić information content (AvgIpc) is 3.38. The number of hydrogen-bond acceptors (Lipinski definition) is 6. The lowest BCUT2D eigenvalue weighted by molar-refractivity contribution is -0.114. The van der Waals surface area contributed by atoms with Crippen molar-refractivity contribution >= 4 is 23.1 Å². The molecule has 4 aromatic rings. The van der Waals surface area contributed by atoms with Gasteiger partial charge in [0.25, 0.3) is 0 Å². The van der Waals surface area contributed by atoms with Crippen molar-refractivity contribution in [1.82, 2.24) is 19.9 Å². The monoisotopic (exact) mass is 419 g/mol. The van der Waals surface area contributed by atoms with Gasteiger partial charge in [-0.15, -0.1) is 11.3 Å². The van der Waals surface area contributed by atoms with Crippen LogP contribution >= 0.6 is 11.3 Å². The van der Waals surface area contributed by atoms with Crippen LogP contribution in [0.1, 0.15) is 20.8 Å². The number of aromatic nitrogens is 4. The summed E-state index contributed by atoms with van der Waals surface area (Å²) in [7, 11) is 0. The Morgan fingerprint density at radius 1 is 1.10 bits per heavy atom. The number of carbonyl (C=O) groups excluding carboxylic acids is 1. The Morgan fingerprint density at radius 3 is 2.57 bits per heavy atom. The second-order valence-corrected chi connectivity index (χ2v) is 7.94. The van der Waals surface area contributed by atoms with Gasteiger partial charge in [-0.3, -0.25) is 4.79 Å². The van der Waals surface area contributed by atoms with Crippen LogP contribution in [0.5, 0.6) is 5.75 Å². The summed E-state index contributed by atoms with van der Waals surface area (Å²) in [6.07, 6.45) is 5.29. The average molecular weight is 420 g/mol. The molecular weight excluding hydrogens is 398 g/mol. The van der Waals surface area contributed by atoms with Gasteiger partial charge in [0, 0.05) is 36.6 Å². The minimum Gasteiger partial charge on any atom is -0.491 e. The fraction of sp³-hybridized carbons (Fsp3) is 0.182. The smallest absolute Gasteiger partial charge is 0.222 e. The second kappa shape index (κ2) is 8.46. The van der Waals surface area contributed by atoms with Crippen molar-refractivity contribution < 1.29 is 9.53 Å². The minimum atomic E-state index is -0.167. The van der Waals surface area contributed by atoms with Gasteiger partial charge < -0.3 is 15.0 Å². The Labute approximate surface area is 178 Å². The molecule has 3 heterocycles. The van der Waals surface area contributed by atoms with E-state index >= 15 is 0 Å². The zero-order valence-corrected chi connectivity index (χ0v) is 17.7. The molecule has 0 radical (unpaired) electrons. The molecule has 0 saturated carbocycles. The number of pyridine rings is 1. The van der Waals surface area contributed by atoms with Crippen molar-refractivity contribution in [3.05, 3.63) is 55.0 Å². The van der Waals surface area contributed by atoms with E-state index in [0.29, 0.717) is 5.82 Å². The Bertz CT molecular complexity index is 1150. The number of hydrogen-bond donors (Lipinski definition) is 2. The number of anilines is 1. The lowest BCUT2D eigenvalue weighted by Gasteiger charge is -2.09. The van der Waals surface area contributed by atoms with Crippen molar-refractivity contribution in [3.63, 3.8) is 0 Å². The van der Waals surface area contributed by atoms with Gasteiger partial charge in [-0.1, -0.05) is 0 Å². The molecule has 0 atom stereocenters. The number of carbonyl (C=O) groups is 1. The molecular formula is C22H21N5O2S. The molecule has 0 saturated heterocycles. The van der Waals surface area contributed by atoms with Crippen LogP contribution < -0.4 is 10.1 Å². The predicted octanol–water partition coefficient (Wildman–Crippen LogP) is 5.01. The van der Waals surface area contributed by atoms with Crippen LogP contribution in [0.3, 0.4) is 0 Å². The molecule has 8 heteroatoms. The summed E-state index contributed by atoms with van der Waals surface area (Å²) >= 11 is 1.53. The first kappa shape index (κ1) is 19.8. The maximum atomic E-state index is 11.4. The zero-order valence-electron chi connectivity index (χ0n) is 16.8. The highest BCUT2D eigenvalue weighted by Gasteiger charge is 2.18. The first-order valence-corrected chi connectivity index (χ1v) is 10.3. The van der Waals surface area contributed by atoms with E-state index in [4.69, 9.17) is 9.72 Å². The van der Waals surface area contributed by atoms with E-state index in [-0.39, 0.29) is 12.0 Å². The van der Waals surface area contributed by atoms with E-state index in [2.05, 4.69) is 20.3 Å². The number of aromatic amines is 1. The normalized spacial score (nSPS) is 10.9. The Kier molecular flexibility index (Phi) is 5.58. The van der Waals surface area contributed by atoms with Gasteiger partial charge in [0.2, 0.25) is 5.91 Å². The molecule has 0 aliphatic carbocycles. The van der Waals surface area contributed by atoms with Crippen molar-refractivity contribution in [2.75, 3.05) is 5.32 Å². The first-order valence-electron chi connectivity index (χ1n) is 9.51. The molecule has 0 fully saturated rings. The Hall–Kier alpha value is -3.52. The van der Waals surface area contributed by atoms with Gasteiger partial charge in [0.15, 0.2) is 0 Å². The molecule has 0 aliphatic rings. The third-order valence-electron chi connectivity index (χ3n) is 4.15. The maximum absolute atomic E-state index is 11.4. The number of thiazole rings is 1. The third kappa shape index (κ3) is 4.38. The second-order valence-electron chi connectivity index (χ2n) is 6.94. The van der Waals surface area contributed by atoms with E-state index in [1.165, 1.54) is 18.3 Å². The van der Waals surface area contributed by atoms with Gasteiger partial charge in [-0.2, -0.15) is 0 Å². The largest absolute Gasteiger partial charge is 0.491 e. The lowest BCUT2D eigenvalue weighted by Crippen LogP contribution is -2.07. The molecule has 4 rings (SSSR count). The molecule has 30 heavy (non-hydrogen) atoms. The highest BCUT2D eigenvalue weighted by Crippen LogP contribution is 2.39. The molecule has 152 valence electrons. The van der Waals surface area contributed by atoms with Crippen LogP contribution in [-0.2, 0) is 4.79 Å². The highest BCUT2D eigenvalue weighted by molar-refractivity contribution is 7.18. The number of amides is 1. The minimum absolute atomic E-state index is 0.116. The fourth-order valence-corrected chi connectivity index (χ4v) is 4.01. The number of rotatable bonds is 6. The lowest BCUT2D eigenvalue weighted by atomic mass is 10.1. The zero-order chi connectivity index (χ0) is 21.1. The topological polar surface area (TPSA) is 92.8 Å². The van der Waals surface area contributed by atoms with Crippen LogP contribution in [0.25, 0.3) is 32.5 Å². The quantitative estimate of drug-likeness (QED) is 0.458. The summed E-state index contributed by atoms with van der Waals surface area (Å²) in [6.45, 7) is 5.46. The SMILES string of the molecule is CC(=O)Nc1cc(-c2nc(-c3ccc(OC(C)C)cc3)c(-c3ncc[nH]3)s2)ccn1. The van der Waals surface area contributed by atoms with Crippen LogP contribution in [0.4, 0.5) is 5.82 Å². The summed E-state index contributed by atoms with van der Waals surface area (Å²) in [5, 5.41) is 3.52. The van der Waals surface area contributed by atoms with E-state index in [1.807, 2.05) is 50.2 Å². The van der Waals surface area contributed by atoms with Gasteiger partial charge >= 0.3 is 0 Å². The van der Waals surface area contributed by atoms with Crippen LogP contribution in [-0.4, -0.2) is 31.9 Å². The van der Waals surface area contributed by atoms with E-state index < -0.39 is 0 Å². The molecule has 0 bridgehead atoms. The number of H-pyrrole nitrogens is 1. The number of imidazole rings is 1. The van der Waals surface area contributed by atoms with Crippen molar-refractivity contribution in [3.8, 4) is 38.3 Å². The molecule has 7 nitrogen and oxygen atoms in total. The number of ether oxygens (including phenoxy) is 1. The Balaban J connectivity index is 1.76. The van der Waals surface area contributed by atoms with Gasteiger partial charge in [0.05, 0.1) is 16.7 Å². The summed E-state index contributed by atoms with van der Waals surface area (Å²) < 4.78 is 5.75. The number of nitrogens with zero attached hydrogens (tertiary/aromatic N) is 3. The van der Waals surface area contributed by atoms with E-state index in [1.54, 1.807) is 18.6 Å². The van der Waals surface area contributed by atoms with Gasteiger partial charge in [-0.25, -0.2) is 15.0 Å². The van der Waals surface area contributed by atoms with Crippen LogP contribution in [0.2, 0.25) is 0 Å². The molecule has 1 aromatic carbocycles. The van der Waals surface area contributed by atoms with Crippen LogP contribution in [0.15, 0.2) is 55.0 Å². The molecule has 0 spiro atoms. The van der Waals surface area contributed by atoms with Gasteiger partial charge in [0.1, 0.15) is 22.4 Å². The predicted molar refractivity (Wildman–Crippen MR) is 118 cm³/mol. The standard InChI is InChI=1S/C22H21N5O2S/c1-13(2)29-17-6-4-15(5-7-17)19-20(21-24-10-11-25-21)30-22(27-19)16-8-9-23-18(12-16)26-14(3)28/h4-13H,1-3H3,(H,24,25)(H,23,26,28). The van der Waals surface area contributed by atoms with Gasteiger partial charge in [-0.05, 0) is 50.2 Å². The van der Waals surface area contributed by atoms with Crippen molar-refractivity contribution in [2.45, 2.75) is 26.9 Å². The molecule has 2 N–H and O–H groups in total. The maximum Gasteiger partial charge on any atom is 0.222 e.